The summed E-state index contributed by atoms with van der Waals surface area (Å²) < 4.78 is 32.7. The van der Waals surface area contributed by atoms with Gasteiger partial charge in [0.05, 0.1) is 4.90 Å². The lowest BCUT2D eigenvalue weighted by Crippen LogP contribution is -2.50. The molecule has 0 aliphatic carbocycles. The number of hydrogen-bond donors (Lipinski definition) is 1. The molecule has 0 bridgehead atoms. The van der Waals surface area contributed by atoms with Gasteiger partial charge in [0.1, 0.15) is 18.5 Å². The van der Waals surface area contributed by atoms with E-state index in [1.165, 1.54) is 4.31 Å². The highest BCUT2D eigenvalue weighted by atomic mass is 32.2. The van der Waals surface area contributed by atoms with Gasteiger partial charge in [-0.05, 0) is 36.4 Å². The molecule has 0 saturated carbocycles. The van der Waals surface area contributed by atoms with Gasteiger partial charge in [-0.1, -0.05) is 48.5 Å². The minimum atomic E-state index is -3.49. The second kappa shape index (κ2) is 10.9. The number of ether oxygens (including phenoxy) is 1. The molecule has 0 amide bonds. The second-order valence-corrected chi connectivity index (χ2v) is 10.1. The molecule has 3 aromatic rings. The van der Waals surface area contributed by atoms with Gasteiger partial charge >= 0.3 is 0 Å². The molecule has 3 aromatic carbocycles. The van der Waals surface area contributed by atoms with Crippen molar-refractivity contribution in [3.8, 4) is 5.75 Å². The van der Waals surface area contributed by atoms with Gasteiger partial charge in [-0.2, -0.15) is 4.31 Å². The van der Waals surface area contributed by atoms with Crippen LogP contribution in [0.15, 0.2) is 89.8 Å². The van der Waals surface area contributed by atoms with Gasteiger partial charge in [0.15, 0.2) is 5.78 Å². The molecule has 1 aliphatic heterocycles. The summed E-state index contributed by atoms with van der Waals surface area (Å²) in [6.45, 7) is 2.33. The summed E-state index contributed by atoms with van der Waals surface area (Å²) in [7, 11) is -3.49. The van der Waals surface area contributed by atoms with E-state index in [-0.39, 0.29) is 12.4 Å². The van der Waals surface area contributed by atoms with Crippen molar-refractivity contribution in [3.05, 3.63) is 96.1 Å². The van der Waals surface area contributed by atoms with Gasteiger partial charge in [0, 0.05) is 43.9 Å². The Labute approximate surface area is 200 Å². The summed E-state index contributed by atoms with van der Waals surface area (Å²) >= 11 is 0. The van der Waals surface area contributed by atoms with Crippen LogP contribution in [0, 0.1) is 0 Å². The van der Waals surface area contributed by atoms with Gasteiger partial charge < -0.3 is 9.84 Å². The van der Waals surface area contributed by atoms with Crippen LogP contribution in [0.25, 0.3) is 0 Å². The van der Waals surface area contributed by atoms with Crippen LogP contribution >= 0.6 is 0 Å². The molecule has 1 N–H and O–H groups in total. The molecule has 0 radical (unpaired) electrons. The van der Waals surface area contributed by atoms with Crippen LogP contribution in [0.2, 0.25) is 0 Å². The largest absolute Gasteiger partial charge is 0.491 e. The fourth-order valence-electron chi connectivity index (χ4n) is 3.90. The van der Waals surface area contributed by atoms with Gasteiger partial charge in [0.2, 0.25) is 10.0 Å². The van der Waals surface area contributed by atoms with Gasteiger partial charge in [-0.25, -0.2) is 8.42 Å². The highest BCUT2D eigenvalue weighted by Crippen LogP contribution is 2.18. The van der Waals surface area contributed by atoms with Gasteiger partial charge in [-0.15, -0.1) is 0 Å². The highest BCUT2D eigenvalue weighted by Gasteiger charge is 2.28. The predicted molar refractivity (Wildman–Crippen MR) is 129 cm³/mol. The van der Waals surface area contributed by atoms with E-state index in [9.17, 15) is 18.3 Å². The van der Waals surface area contributed by atoms with Gasteiger partial charge in [0.25, 0.3) is 0 Å². The maximum absolute atomic E-state index is 12.7. The molecule has 1 atom stereocenters. The standard InChI is InChI=1S/C26H28N2O5S/c29-23(19-27-15-17-28(18-16-27)34(31,32)25-9-5-2-6-10-25)20-33-24-13-11-22(12-14-24)26(30)21-7-3-1-4-8-21/h1-14,23,29H,15-20H2/t23-/m0/s1. The first-order valence-electron chi connectivity index (χ1n) is 11.2. The summed E-state index contributed by atoms with van der Waals surface area (Å²) in [5.74, 6) is 0.517. The van der Waals surface area contributed by atoms with E-state index in [4.69, 9.17) is 4.74 Å². The van der Waals surface area contributed by atoms with E-state index in [1.807, 2.05) is 23.1 Å². The Kier molecular flexibility index (Phi) is 7.74. The number of rotatable bonds is 9. The first-order chi connectivity index (χ1) is 16.4. The highest BCUT2D eigenvalue weighted by molar-refractivity contribution is 7.89. The van der Waals surface area contributed by atoms with Crippen molar-refractivity contribution in [2.75, 3.05) is 39.3 Å². The van der Waals surface area contributed by atoms with Gasteiger partial charge in [-0.3, -0.25) is 9.69 Å². The molecule has 1 heterocycles. The molecule has 8 heteroatoms. The summed E-state index contributed by atoms with van der Waals surface area (Å²) in [6, 6.07) is 24.4. The molecule has 1 saturated heterocycles. The quantitative estimate of drug-likeness (QED) is 0.474. The minimum Gasteiger partial charge on any atom is -0.491 e. The van der Waals surface area contributed by atoms with Crippen molar-refractivity contribution in [1.82, 2.24) is 9.21 Å². The van der Waals surface area contributed by atoms with E-state index in [0.717, 1.165) is 0 Å². The average Bonchev–Trinajstić information content (AvgIpc) is 2.89. The van der Waals surface area contributed by atoms with Crippen molar-refractivity contribution in [2.24, 2.45) is 0 Å². The number of β-amino-alcohol motifs (C(OH)–C–C–N with tert-alkyl or cyclic N) is 1. The molecule has 0 aromatic heterocycles. The van der Waals surface area contributed by atoms with Crippen molar-refractivity contribution in [2.45, 2.75) is 11.0 Å². The third-order valence-electron chi connectivity index (χ3n) is 5.78. The maximum Gasteiger partial charge on any atom is 0.243 e. The molecule has 178 valence electrons. The number of carbonyl (C=O) groups is 1. The number of aliphatic hydroxyl groups excluding tert-OH is 1. The predicted octanol–water partition coefficient (Wildman–Crippen LogP) is 2.66. The van der Waals surface area contributed by atoms with Crippen LogP contribution in [0.4, 0.5) is 0 Å². The fraction of sp³-hybridized carbons (Fsp3) is 0.269. The van der Waals surface area contributed by atoms with E-state index in [0.29, 0.717) is 54.5 Å². The Morgan fingerprint density at radius 1 is 0.824 bits per heavy atom. The van der Waals surface area contributed by atoms with E-state index < -0.39 is 16.1 Å². The number of nitrogens with zero attached hydrogens (tertiary/aromatic N) is 2. The Bertz CT molecular complexity index is 1180. The fourth-order valence-corrected chi connectivity index (χ4v) is 5.34. The molecule has 0 spiro atoms. The average molecular weight is 481 g/mol. The summed E-state index contributed by atoms with van der Waals surface area (Å²) in [4.78, 5) is 14.8. The van der Waals surface area contributed by atoms with Crippen LogP contribution in [-0.2, 0) is 10.0 Å². The molecule has 4 rings (SSSR count). The summed E-state index contributed by atoms with van der Waals surface area (Å²) in [6.07, 6.45) is -0.720. The number of sulfonamides is 1. The van der Waals surface area contributed by atoms with Crippen molar-refractivity contribution in [3.63, 3.8) is 0 Å². The first kappa shape index (κ1) is 24.1. The normalized spacial score (nSPS) is 16.1. The number of hydrogen-bond acceptors (Lipinski definition) is 6. The molecule has 0 unspecified atom stereocenters. The zero-order valence-corrected chi connectivity index (χ0v) is 19.6. The van der Waals surface area contributed by atoms with E-state index in [1.54, 1.807) is 66.7 Å². The van der Waals surface area contributed by atoms with Crippen molar-refractivity contribution >= 4 is 15.8 Å². The SMILES string of the molecule is O=C(c1ccccc1)c1ccc(OC[C@@H](O)CN2CCN(S(=O)(=O)c3ccccc3)CC2)cc1. The zero-order chi connectivity index (χ0) is 24.0. The molecule has 1 fully saturated rings. The smallest absolute Gasteiger partial charge is 0.243 e. The third kappa shape index (κ3) is 5.90. The second-order valence-electron chi connectivity index (χ2n) is 8.20. The van der Waals surface area contributed by atoms with Crippen LogP contribution in [-0.4, -0.2) is 73.9 Å². The molecular weight excluding hydrogens is 452 g/mol. The van der Waals surface area contributed by atoms with E-state index in [2.05, 4.69) is 0 Å². The number of aliphatic hydroxyl groups is 1. The Morgan fingerprint density at radius 3 is 2.00 bits per heavy atom. The number of piperazine rings is 1. The molecule has 7 nitrogen and oxygen atoms in total. The summed E-state index contributed by atoms with van der Waals surface area (Å²) in [5.41, 5.74) is 1.20. The van der Waals surface area contributed by atoms with Crippen LogP contribution in [0.5, 0.6) is 5.75 Å². The first-order valence-corrected chi connectivity index (χ1v) is 12.7. The monoisotopic (exact) mass is 480 g/mol. The van der Waals surface area contributed by atoms with Crippen molar-refractivity contribution < 1.29 is 23.1 Å². The molecule has 1 aliphatic rings. The lowest BCUT2D eigenvalue weighted by molar-refractivity contribution is 0.0569. The lowest BCUT2D eigenvalue weighted by atomic mass is 10.0. The Hall–Kier alpha value is -3.04. The van der Waals surface area contributed by atoms with Crippen LogP contribution < -0.4 is 4.74 Å². The number of benzene rings is 3. The third-order valence-corrected chi connectivity index (χ3v) is 7.69. The number of ketones is 1. The lowest BCUT2D eigenvalue weighted by Gasteiger charge is -2.34. The minimum absolute atomic E-state index is 0.0550. The zero-order valence-electron chi connectivity index (χ0n) is 18.8. The van der Waals surface area contributed by atoms with Crippen LogP contribution in [0.1, 0.15) is 15.9 Å². The molecular formula is C26H28N2O5S. The van der Waals surface area contributed by atoms with Crippen molar-refractivity contribution in [1.29, 1.82) is 0 Å². The Morgan fingerprint density at radius 2 is 1.38 bits per heavy atom. The van der Waals surface area contributed by atoms with E-state index >= 15 is 0 Å². The van der Waals surface area contributed by atoms with Crippen LogP contribution in [0.3, 0.4) is 0 Å². The summed E-state index contributed by atoms with van der Waals surface area (Å²) in [5, 5.41) is 10.4. The number of carbonyl (C=O) groups excluding carboxylic acids is 1. The molecule has 34 heavy (non-hydrogen) atoms. The Balaban J connectivity index is 1.23. The maximum atomic E-state index is 12.7. The topological polar surface area (TPSA) is 87.2 Å².